The predicted octanol–water partition coefficient (Wildman–Crippen LogP) is 3.41. The molecule has 0 radical (unpaired) electrons. The average molecular weight is 424 g/mol. The minimum atomic E-state index is -0.485. The van der Waals surface area contributed by atoms with Gasteiger partial charge >= 0.3 is 0 Å². The Kier molecular flexibility index (Phi) is 6.29. The number of hydrogen-bond acceptors (Lipinski definition) is 8. The molecule has 0 aliphatic carbocycles. The molecule has 0 atom stereocenters. The highest BCUT2D eigenvalue weighted by Gasteiger charge is 2.17. The van der Waals surface area contributed by atoms with E-state index in [0.717, 1.165) is 0 Å². The van der Waals surface area contributed by atoms with Gasteiger partial charge in [-0.3, -0.25) is 14.9 Å². The van der Waals surface area contributed by atoms with Crippen molar-refractivity contribution in [1.82, 2.24) is 15.0 Å². The second-order valence-electron chi connectivity index (χ2n) is 6.37. The number of ketones is 1. The second kappa shape index (κ2) is 9.08. The van der Waals surface area contributed by atoms with Crippen LogP contribution in [0.2, 0.25) is 0 Å². The summed E-state index contributed by atoms with van der Waals surface area (Å²) in [6.07, 6.45) is 2.98. The minimum Gasteiger partial charge on any atom is -0.493 e. The molecule has 1 aromatic heterocycles. The van der Waals surface area contributed by atoms with Crippen LogP contribution in [0.25, 0.3) is 11.8 Å². The quantitative estimate of drug-likeness (QED) is 0.234. The Hall–Kier alpha value is -4.21. The number of carbonyl (C=O) groups is 1. The first-order valence-corrected chi connectivity index (χ1v) is 9.09. The van der Waals surface area contributed by atoms with Gasteiger partial charge in [-0.2, -0.15) is 0 Å². The zero-order valence-electron chi connectivity index (χ0n) is 17.4. The summed E-state index contributed by atoms with van der Waals surface area (Å²) in [6.45, 7) is 1.70. The van der Waals surface area contributed by atoms with Gasteiger partial charge in [-0.15, -0.1) is 5.10 Å². The topological polar surface area (TPSA) is 119 Å². The number of allylic oxidation sites excluding steroid dienone is 1. The van der Waals surface area contributed by atoms with E-state index in [2.05, 4.69) is 10.3 Å². The van der Waals surface area contributed by atoms with Crippen molar-refractivity contribution in [2.45, 2.75) is 6.92 Å². The monoisotopic (exact) mass is 424 g/mol. The average Bonchev–Trinajstić information content (AvgIpc) is 3.17. The molecule has 0 fully saturated rings. The Morgan fingerprint density at radius 3 is 2.19 bits per heavy atom. The Bertz CT molecular complexity index is 1130. The number of aromatic nitrogens is 3. The van der Waals surface area contributed by atoms with Gasteiger partial charge in [0, 0.05) is 12.1 Å². The first kappa shape index (κ1) is 21.5. The van der Waals surface area contributed by atoms with Crippen LogP contribution in [0.1, 0.15) is 21.7 Å². The van der Waals surface area contributed by atoms with Gasteiger partial charge in [0.15, 0.2) is 17.2 Å². The van der Waals surface area contributed by atoms with Gasteiger partial charge < -0.3 is 14.2 Å². The highest BCUT2D eigenvalue weighted by Crippen LogP contribution is 2.38. The largest absolute Gasteiger partial charge is 0.493 e. The molecule has 10 heteroatoms. The van der Waals surface area contributed by atoms with Gasteiger partial charge in [0.25, 0.3) is 5.69 Å². The molecule has 10 nitrogen and oxygen atoms in total. The normalized spacial score (nSPS) is 10.8. The van der Waals surface area contributed by atoms with Gasteiger partial charge in [-0.05, 0) is 42.8 Å². The maximum Gasteiger partial charge on any atom is 0.269 e. The van der Waals surface area contributed by atoms with Gasteiger partial charge in [0.2, 0.25) is 11.5 Å². The van der Waals surface area contributed by atoms with Crippen LogP contribution in [0.15, 0.2) is 42.5 Å². The van der Waals surface area contributed by atoms with Crippen molar-refractivity contribution >= 4 is 17.5 Å². The van der Waals surface area contributed by atoms with Crippen molar-refractivity contribution in [3.63, 3.8) is 0 Å². The number of nitro groups is 1. The van der Waals surface area contributed by atoms with Crippen molar-refractivity contribution in [3.05, 3.63) is 69.5 Å². The number of hydrogen-bond donors (Lipinski definition) is 0. The summed E-state index contributed by atoms with van der Waals surface area (Å²) in [5.41, 5.74) is 1.87. The molecule has 2 aromatic carbocycles. The van der Waals surface area contributed by atoms with Crippen LogP contribution in [0.3, 0.4) is 0 Å². The lowest BCUT2D eigenvalue weighted by Gasteiger charge is -2.12. The number of ether oxygens (including phenoxy) is 3. The van der Waals surface area contributed by atoms with Gasteiger partial charge in [0.1, 0.15) is 0 Å². The van der Waals surface area contributed by atoms with Crippen molar-refractivity contribution in [1.29, 1.82) is 0 Å². The van der Waals surface area contributed by atoms with Crippen molar-refractivity contribution in [2.24, 2.45) is 0 Å². The summed E-state index contributed by atoms with van der Waals surface area (Å²) < 4.78 is 17.4. The summed E-state index contributed by atoms with van der Waals surface area (Å²) >= 11 is 0. The molecule has 0 aliphatic rings. The summed E-state index contributed by atoms with van der Waals surface area (Å²) in [5, 5.41) is 18.8. The molecule has 1 heterocycles. The number of nitro benzene ring substituents is 1. The zero-order valence-corrected chi connectivity index (χ0v) is 17.4. The smallest absolute Gasteiger partial charge is 0.269 e. The number of carbonyl (C=O) groups excluding carboxylic acids is 1. The van der Waals surface area contributed by atoms with E-state index in [4.69, 9.17) is 14.2 Å². The second-order valence-corrected chi connectivity index (χ2v) is 6.37. The van der Waals surface area contributed by atoms with Crippen molar-refractivity contribution in [3.8, 4) is 22.9 Å². The fourth-order valence-electron chi connectivity index (χ4n) is 2.97. The molecule has 0 amide bonds. The van der Waals surface area contributed by atoms with Crippen LogP contribution in [0, 0.1) is 17.0 Å². The van der Waals surface area contributed by atoms with Crippen molar-refractivity contribution < 1.29 is 23.9 Å². The van der Waals surface area contributed by atoms with E-state index in [1.165, 1.54) is 44.2 Å². The molecule has 0 saturated carbocycles. The molecule has 0 unspecified atom stereocenters. The van der Waals surface area contributed by atoms with E-state index in [1.807, 2.05) is 0 Å². The highest BCUT2D eigenvalue weighted by molar-refractivity contribution is 6.06. The molecule has 0 spiro atoms. The van der Waals surface area contributed by atoms with E-state index in [0.29, 0.717) is 34.2 Å². The third kappa shape index (κ3) is 4.37. The lowest BCUT2D eigenvalue weighted by atomic mass is 10.1. The summed E-state index contributed by atoms with van der Waals surface area (Å²) in [5.74, 6) is 1.04. The van der Waals surface area contributed by atoms with E-state index in [9.17, 15) is 14.9 Å². The third-order valence-electron chi connectivity index (χ3n) is 4.55. The lowest BCUT2D eigenvalue weighted by molar-refractivity contribution is -0.384. The van der Waals surface area contributed by atoms with Gasteiger partial charge in [-0.25, -0.2) is 4.68 Å². The minimum absolute atomic E-state index is 0.0360. The van der Waals surface area contributed by atoms with Crippen LogP contribution in [0.4, 0.5) is 5.69 Å². The first-order chi connectivity index (χ1) is 14.9. The molecule has 3 aromatic rings. The van der Waals surface area contributed by atoms with Crippen LogP contribution in [0.5, 0.6) is 17.2 Å². The molecular weight excluding hydrogens is 404 g/mol. The molecule has 0 N–H and O–H groups in total. The standard InChI is InChI=1S/C21H20N4O6/c1-13-20(22-23-24(13)15-6-8-16(9-7-15)25(27)28)17(26)10-5-14-11-18(29-2)21(31-4)19(12-14)30-3/h5-12H,1-4H3/b10-5+. The SMILES string of the molecule is COc1cc(/C=C/C(=O)c2nnn(-c3ccc([N+](=O)[O-])cc3)c2C)cc(OC)c1OC. The molecule has 0 aliphatic heterocycles. The Morgan fingerprint density at radius 1 is 1.06 bits per heavy atom. The maximum absolute atomic E-state index is 12.7. The van der Waals surface area contributed by atoms with Crippen LogP contribution in [-0.2, 0) is 0 Å². The third-order valence-corrected chi connectivity index (χ3v) is 4.55. The van der Waals surface area contributed by atoms with Crippen LogP contribution >= 0.6 is 0 Å². The van der Waals surface area contributed by atoms with E-state index >= 15 is 0 Å². The van der Waals surface area contributed by atoms with E-state index in [-0.39, 0.29) is 17.2 Å². The number of non-ortho nitro benzene ring substituents is 1. The predicted molar refractivity (Wildman–Crippen MR) is 112 cm³/mol. The fourth-order valence-corrected chi connectivity index (χ4v) is 2.97. The Morgan fingerprint density at radius 2 is 1.68 bits per heavy atom. The Balaban J connectivity index is 1.86. The summed E-state index contributed by atoms with van der Waals surface area (Å²) in [6, 6.07) is 9.24. The van der Waals surface area contributed by atoms with Gasteiger partial charge in [-0.1, -0.05) is 11.3 Å². The van der Waals surface area contributed by atoms with Gasteiger partial charge in [0.05, 0.1) is 37.6 Å². The van der Waals surface area contributed by atoms with Crippen LogP contribution in [-0.4, -0.2) is 47.0 Å². The fraction of sp³-hybridized carbons (Fsp3) is 0.190. The number of rotatable bonds is 8. The number of benzene rings is 2. The molecule has 0 bridgehead atoms. The highest BCUT2D eigenvalue weighted by atomic mass is 16.6. The first-order valence-electron chi connectivity index (χ1n) is 9.09. The summed E-state index contributed by atoms with van der Waals surface area (Å²) in [7, 11) is 4.53. The zero-order chi connectivity index (χ0) is 22.5. The number of nitrogens with zero attached hydrogens (tertiary/aromatic N) is 4. The molecular formula is C21H20N4O6. The van der Waals surface area contributed by atoms with E-state index in [1.54, 1.807) is 37.3 Å². The van der Waals surface area contributed by atoms with Crippen molar-refractivity contribution in [2.75, 3.05) is 21.3 Å². The molecule has 0 saturated heterocycles. The number of methoxy groups -OCH3 is 3. The van der Waals surface area contributed by atoms with Crippen LogP contribution < -0.4 is 14.2 Å². The molecule has 3 rings (SSSR count). The maximum atomic E-state index is 12.7. The molecule has 160 valence electrons. The summed E-state index contributed by atoms with van der Waals surface area (Å²) in [4.78, 5) is 23.0. The lowest BCUT2D eigenvalue weighted by Crippen LogP contribution is -2.02. The Labute approximate surface area is 177 Å². The molecule has 31 heavy (non-hydrogen) atoms. The van der Waals surface area contributed by atoms with E-state index < -0.39 is 4.92 Å².